The highest BCUT2D eigenvalue weighted by molar-refractivity contribution is 5.94. The second kappa shape index (κ2) is 6.17. The molecule has 0 saturated carbocycles. The second-order valence-electron chi connectivity index (χ2n) is 5.04. The van der Waals surface area contributed by atoms with Gasteiger partial charge in [0, 0.05) is 32.4 Å². The maximum absolute atomic E-state index is 13.4. The number of rotatable bonds is 3. The Kier molecular flexibility index (Phi) is 4.54. The molecule has 20 heavy (non-hydrogen) atoms. The average Bonchev–Trinajstić information content (AvgIpc) is 2.44. The van der Waals surface area contributed by atoms with Crippen LogP contribution < -0.4 is 5.73 Å². The number of piperidine rings is 1. The second-order valence-corrected chi connectivity index (χ2v) is 5.04. The smallest absolute Gasteiger partial charge is 0.254 e. The fourth-order valence-corrected chi connectivity index (χ4v) is 2.43. The van der Waals surface area contributed by atoms with Crippen molar-refractivity contribution >= 4 is 11.6 Å². The molecule has 2 N–H and O–H groups in total. The fourth-order valence-electron chi connectivity index (χ4n) is 2.43. The van der Waals surface area contributed by atoms with Crippen molar-refractivity contribution in [1.82, 2.24) is 4.90 Å². The van der Waals surface area contributed by atoms with Gasteiger partial charge in [0.05, 0.1) is 0 Å². The lowest BCUT2D eigenvalue weighted by Crippen LogP contribution is -2.39. The highest BCUT2D eigenvalue weighted by Crippen LogP contribution is 2.22. The van der Waals surface area contributed by atoms with E-state index in [2.05, 4.69) is 0 Å². The normalized spacial score (nSPS) is 16.4. The minimum absolute atomic E-state index is 0.000563. The van der Waals surface area contributed by atoms with Gasteiger partial charge in [-0.15, -0.1) is 0 Å². The Bertz CT molecular complexity index is 477. The van der Waals surface area contributed by atoms with Gasteiger partial charge in [-0.1, -0.05) is 0 Å². The highest BCUT2D eigenvalue weighted by atomic mass is 19.1. The number of ether oxygens (including phenoxy) is 1. The topological polar surface area (TPSA) is 55.6 Å². The molecule has 4 nitrogen and oxygen atoms in total. The monoisotopic (exact) mass is 284 g/mol. The summed E-state index contributed by atoms with van der Waals surface area (Å²) in [7, 11) is 1.65. The SMILES string of the molecule is COCC1CCN(C(=O)c2cc(F)c(N)c(F)c2)CC1. The Morgan fingerprint density at radius 1 is 1.35 bits per heavy atom. The lowest BCUT2D eigenvalue weighted by Gasteiger charge is -2.31. The molecule has 1 aliphatic heterocycles. The molecule has 0 aliphatic carbocycles. The number of nitrogens with two attached hydrogens (primary N) is 1. The number of carbonyl (C=O) groups excluding carboxylic acids is 1. The number of hydrogen-bond acceptors (Lipinski definition) is 3. The van der Waals surface area contributed by atoms with E-state index in [-0.39, 0.29) is 11.5 Å². The number of benzene rings is 1. The van der Waals surface area contributed by atoms with Gasteiger partial charge in [0.25, 0.3) is 5.91 Å². The summed E-state index contributed by atoms with van der Waals surface area (Å²) < 4.78 is 31.8. The van der Waals surface area contributed by atoms with Crippen molar-refractivity contribution in [2.75, 3.05) is 32.5 Å². The molecule has 0 bridgehead atoms. The van der Waals surface area contributed by atoms with Crippen molar-refractivity contribution in [2.45, 2.75) is 12.8 Å². The van der Waals surface area contributed by atoms with E-state index in [4.69, 9.17) is 10.5 Å². The van der Waals surface area contributed by atoms with Gasteiger partial charge >= 0.3 is 0 Å². The molecule has 1 aromatic carbocycles. The fraction of sp³-hybridized carbons (Fsp3) is 0.500. The summed E-state index contributed by atoms with van der Waals surface area (Å²) in [5.74, 6) is -1.73. The van der Waals surface area contributed by atoms with Gasteiger partial charge < -0.3 is 15.4 Å². The molecule has 1 amide bonds. The van der Waals surface area contributed by atoms with Crippen molar-refractivity contribution in [2.24, 2.45) is 5.92 Å². The first-order valence-corrected chi connectivity index (χ1v) is 6.55. The number of halogens is 2. The molecule has 1 aliphatic rings. The van der Waals surface area contributed by atoms with Crippen LogP contribution in [0.2, 0.25) is 0 Å². The number of carbonyl (C=O) groups is 1. The molecule has 1 aromatic rings. The maximum atomic E-state index is 13.4. The van der Waals surface area contributed by atoms with Gasteiger partial charge in [-0.05, 0) is 30.9 Å². The molecule has 1 saturated heterocycles. The molecule has 0 aromatic heterocycles. The van der Waals surface area contributed by atoms with Gasteiger partial charge in [0.15, 0.2) is 0 Å². The number of likely N-dealkylation sites (tertiary alicyclic amines) is 1. The van der Waals surface area contributed by atoms with Crippen LogP contribution in [0.3, 0.4) is 0 Å². The molecule has 0 atom stereocenters. The van der Waals surface area contributed by atoms with Gasteiger partial charge in [0.1, 0.15) is 17.3 Å². The Morgan fingerprint density at radius 2 is 1.90 bits per heavy atom. The molecule has 6 heteroatoms. The molecule has 0 spiro atoms. The van der Waals surface area contributed by atoms with E-state index in [1.54, 1.807) is 12.0 Å². The molecular formula is C14H18F2N2O2. The predicted octanol–water partition coefficient (Wildman–Crippen LogP) is 2.05. The first-order valence-electron chi connectivity index (χ1n) is 6.55. The summed E-state index contributed by atoms with van der Waals surface area (Å²) in [4.78, 5) is 13.8. The Hall–Kier alpha value is -1.69. The molecule has 2 rings (SSSR count). The molecule has 1 fully saturated rings. The molecule has 0 unspecified atom stereocenters. The van der Waals surface area contributed by atoms with Crippen LogP contribution in [0.25, 0.3) is 0 Å². The van der Waals surface area contributed by atoms with Crippen molar-refractivity contribution in [3.63, 3.8) is 0 Å². The predicted molar refractivity (Wildman–Crippen MR) is 71.3 cm³/mol. The van der Waals surface area contributed by atoms with Crippen LogP contribution in [-0.2, 0) is 4.74 Å². The largest absolute Gasteiger partial charge is 0.394 e. The van der Waals surface area contributed by atoms with E-state index in [0.717, 1.165) is 25.0 Å². The zero-order valence-corrected chi connectivity index (χ0v) is 11.4. The number of amides is 1. The molecule has 1 heterocycles. The first kappa shape index (κ1) is 14.7. The van der Waals surface area contributed by atoms with Crippen LogP contribution in [0.15, 0.2) is 12.1 Å². The maximum Gasteiger partial charge on any atom is 0.254 e. The van der Waals surface area contributed by atoms with Crippen molar-refractivity contribution < 1.29 is 18.3 Å². The third-order valence-electron chi connectivity index (χ3n) is 3.63. The summed E-state index contributed by atoms with van der Waals surface area (Å²) in [6.07, 6.45) is 1.67. The number of nitrogen functional groups attached to an aromatic ring is 1. The highest BCUT2D eigenvalue weighted by Gasteiger charge is 2.24. The lowest BCUT2D eigenvalue weighted by atomic mass is 9.97. The Labute approximate surface area is 116 Å². The summed E-state index contributed by atoms with van der Waals surface area (Å²) in [6, 6.07) is 1.98. The molecule has 110 valence electrons. The number of anilines is 1. The molecule has 0 radical (unpaired) electrons. The third-order valence-corrected chi connectivity index (χ3v) is 3.63. The third kappa shape index (κ3) is 3.07. The van der Waals surface area contributed by atoms with Crippen LogP contribution in [0, 0.1) is 17.6 Å². The minimum atomic E-state index is -0.900. The van der Waals surface area contributed by atoms with E-state index in [9.17, 15) is 13.6 Å². The van der Waals surface area contributed by atoms with Gasteiger partial charge in [-0.25, -0.2) is 8.78 Å². The number of hydrogen-bond donors (Lipinski definition) is 1. The first-order chi connectivity index (χ1) is 9.52. The summed E-state index contributed by atoms with van der Waals surface area (Å²) in [6.45, 7) is 1.81. The lowest BCUT2D eigenvalue weighted by molar-refractivity contribution is 0.0613. The van der Waals surface area contributed by atoms with Gasteiger partial charge in [0.2, 0.25) is 0 Å². The Balaban J connectivity index is 2.06. The van der Waals surface area contributed by atoms with Crippen molar-refractivity contribution in [3.8, 4) is 0 Å². The van der Waals surface area contributed by atoms with Crippen LogP contribution in [0.4, 0.5) is 14.5 Å². The van der Waals surface area contributed by atoms with E-state index < -0.39 is 17.3 Å². The average molecular weight is 284 g/mol. The van der Waals surface area contributed by atoms with E-state index >= 15 is 0 Å². The zero-order valence-electron chi connectivity index (χ0n) is 11.4. The quantitative estimate of drug-likeness (QED) is 0.864. The van der Waals surface area contributed by atoms with Crippen LogP contribution in [-0.4, -0.2) is 37.6 Å². The summed E-state index contributed by atoms with van der Waals surface area (Å²) in [5.41, 5.74) is 4.64. The van der Waals surface area contributed by atoms with Gasteiger partial charge in [-0.3, -0.25) is 4.79 Å². The minimum Gasteiger partial charge on any atom is -0.394 e. The number of methoxy groups -OCH3 is 1. The Morgan fingerprint density at radius 3 is 2.40 bits per heavy atom. The summed E-state index contributed by atoms with van der Waals surface area (Å²) >= 11 is 0. The van der Waals surface area contributed by atoms with E-state index in [1.807, 2.05) is 0 Å². The van der Waals surface area contributed by atoms with Crippen LogP contribution >= 0.6 is 0 Å². The van der Waals surface area contributed by atoms with Crippen LogP contribution in [0.1, 0.15) is 23.2 Å². The van der Waals surface area contributed by atoms with E-state index in [1.165, 1.54) is 0 Å². The number of nitrogens with zero attached hydrogens (tertiary/aromatic N) is 1. The summed E-state index contributed by atoms with van der Waals surface area (Å²) in [5, 5.41) is 0. The zero-order chi connectivity index (χ0) is 14.7. The molecular weight excluding hydrogens is 266 g/mol. The van der Waals surface area contributed by atoms with E-state index in [0.29, 0.717) is 25.6 Å². The van der Waals surface area contributed by atoms with Gasteiger partial charge in [-0.2, -0.15) is 0 Å². The standard InChI is InChI=1S/C14H18F2N2O2/c1-20-8-9-2-4-18(5-3-9)14(19)10-6-11(15)13(17)12(16)7-10/h6-7,9H,2-5,8,17H2,1H3. The van der Waals surface area contributed by atoms with Crippen LogP contribution in [0.5, 0.6) is 0 Å². The van der Waals surface area contributed by atoms with Crippen molar-refractivity contribution in [3.05, 3.63) is 29.3 Å². The van der Waals surface area contributed by atoms with Crippen molar-refractivity contribution in [1.29, 1.82) is 0 Å².